The fraction of sp³-hybridized carbons (Fsp3) is 0.643. The average Bonchev–Trinajstić information content (AvgIpc) is 2.53. The van der Waals surface area contributed by atoms with Crippen molar-refractivity contribution in [2.45, 2.75) is 25.9 Å². The zero-order valence-corrected chi connectivity index (χ0v) is 11.0. The highest BCUT2D eigenvalue weighted by Crippen LogP contribution is 2.11. The third-order valence-electron chi connectivity index (χ3n) is 3.41. The van der Waals surface area contributed by atoms with Gasteiger partial charge in [-0.15, -0.1) is 0 Å². The SMILES string of the molecule is CC1CNC(CCO)CN(Cc2cccnc2)C1. The molecule has 4 nitrogen and oxygen atoms in total. The number of pyridine rings is 1. The molecule has 18 heavy (non-hydrogen) atoms. The number of nitrogens with zero attached hydrogens (tertiary/aromatic N) is 2. The van der Waals surface area contributed by atoms with E-state index in [0.717, 1.165) is 32.6 Å². The molecular formula is C14H23N3O. The minimum absolute atomic E-state index is 0.257. The Morgan fingerprint density at radius 3 is 3.11 bits per heavy atom. The van der Waals surface area contributed by atoms with Crippen LogP contribution in [-0.4, -0.2) is 47.3 Å². The van der Waals surface area contributed by atoms with Gasteiger partial charge in [-0.2, -0.15) is 0 Å². The summed E-state index contributed by atoms with van der Waals surface area (Å²) in [6, 6.07) is 4.51. The number of aliphatic hydroxyl groups excluding tert-OH is 1. The zero-order valence-electron chi connectivity index (χ0n) is 11.0. The quantitative estimate of drug-likeness (QED) is 0.831. The van der Waals surface area contributed by atoms with Crippen LogP contribution >= 0.6 is 0 Å². The molecule has 2 atom stereocenters. The first-order valence-corrected chi connectivity index (χ1v) is 6.73. The van der Waals surface area contributed by atoms with E-state index in [1.165, 1.54) is 5.56 Å². The summed E-state index contributed by atoms with van der Waals surface area (Å²) in [5.41, 5.74) is 1.26. The summed E-state index contributed by atoms with van der Waals surface area (Å²) >= 11 is 0. The van der Waals surface area contributed by atoms with Crippen molar-refractivity contribution in [3.63, 3.8) is 0 Å². The molecule has 2 rings (SSSR count). The molecule has 0 radical (unpaired) electrons. The second-order valence-electron chi connectivity index (χ2n) is 5.28. The summed E-state index contributed by atoms with van der Waals surface area (Å²) in [4.78, 5) is 6.63. The second kappa shape index (κ2) is 6.83. The van der Waals surface area contributed by atoms with E-state index in [1.54, 1.807) is 0 Å². The summed E-state index contributed by atoms with van der Waals surface area (Å²) in [5, 5.41) is 12.6. The Labute approximate surface area is 109 Å². The van der Waals surface area contributed by atoms with Gasteiger partial charge in [0.05, 0.1) is 0 Å². The van der Waals surface area contributed by atoms with Gasteiger partial charge in [-0.3, -0.25) is 9.88 Å². The van der Waals surface area contributed by atoms with Crippen LogP contribution in [0.2, 0.25) is 0 Å². The standard InChI is InChI=1S/C14H23N3O/c1-12-7-16-14(4-6-18)11-17(9-12)10-13-3-2-5-15-8-13/h2-3,5,8,12,14,16,18H,4,6-7,9-11H2,1H3. The number of nitrogens with one attached hydrogen (secondary N) is 1. The summed E-state index contributed by atoms with van der Waals surface area (Å²) in [7, 11) is 0. The highest BCUT2D eigenvalue weighted by Gasteiger charge is 2.20. The molecule has 2 unspecified atom stereocenters. The molecule has 0 bridgehead atoms. The third kappa shape index (κ3) is 4.05. The van der Waals surface area contributed by atoms with Crippen molar-refractivity contribution < 1.29 is 5.11 Å². The molecule has 0 saturated carbocycles. The lowest BCUT2D eigenvalue weighted by Crippen LogP contribution is -2.38. The van der Waals surface area contributed by atoms with Crippen LogP contribution in [0, 0.1) is 5.92 Å². The van der Waals surface area contributed by atoms with Gasteiger partial charge < -0.3 is 10.4 Å². The van der Waals surface area contributed by atoms with Gasteiger partial charge in [0.1, 0.15) is 0 Å². The van der Waals surface area contributed by atoms with Crippen molar-refractivity contribution in [2.24, 2.45) is 5.92 Å². The molecule has 1 fully saturated rings. The van der Waals surface area contributed by atoms with E-state index in [-0.39, 0.29) is 6.61 Å². The Morgan fingerprint density at radius 2 is 2.39 bits per heavy atom. The molecule has 0 spiro atoms. The second-order valence-corrected chi connectivity index (χ2v) is 5.28. The lowest BCUT2D eigenvalue weighted by atomic mass is 10.1. The maximum atomic E-state index is 9.08. The van der Waals surface area contributed by atoms with Crippen molar-refractivity contribution in [3.8, 4) is 0 Å². The van der Waals surface area contributed by atoms with Crippen LogP contribution in [0.25, 0.3) is 0 Å². The average molecular weight is 249 g/mol. The molecule has 1 saturated heterocycles. The van der Waals surface area contributed by atoms with Crippen molar-refractivity contribution in [1.29, 1.82) is 0 Å². The molecule has 100 valence electrons. The van der Waals surface area contributed by atoms with Crippen molar-refractivity contribution in [2.75, 3.05) is 26.2 Å². The third-order valence-corrected chi connectivity index (χ3v) is 3.41. The van der Waals surface area contributed by atoms with E-state index in [1.807, 2.05) is 18.5 Å². The molecule has 0 aliphatic carbocycles. The van der Waals surface area contributed by atoms with E-state index >= 15 is 0 Å². The highest BCUT2D eigenvalue weighted by atomic mass is 16.3. The van der Waals surface area contributed by atoms with Crippen LogP contribution in [0.3, 0.4) is 0 Å². The Balaban J connectivity index is 1.96. The number of hydrogen-bond acceptors (Lipinski definition) is 4. The number of aliphatic hydroxyl groups is 1. The lowest BCUT2D eigenvalue weighted by molar-refractivity contribution is 0.215. The summed E-state index contributed by atoms with van der Waals surface area (Å²) in [5.74, 6) is 0.644. The summed E-state index contributed by atoms with van der Waals surface area (Å²) < 4.78 is 0. The highest BCUT2D eigenvalue weighted by molar-refractivity contribution is 5.08. The van der Waals surface area contributed by atoms with Crippen molar-refractivity contribution in [1.82, 2.24) is 15.2 Å². The molecule has 1 aliphatic rings. The monoisotopic (exact) mass is 249 g/mol. The molecule has 2 N–H and O–H groups in total. The molecular weight excluding hydrogens is 226 g/mol. The number of aromatic nitrogens is 1. The van der Waals surface area contributed by atoms with E-state index in [9.17, 15) is 0 Å². The molecule has 1 aromatic heterocycles. The zero-order chi connectivity index (χ0) is 12.8. The number of hydrogen-bond donors (Lipinski definition) is 2. The summed E-state index contributed by atoms with van der Waals surface area (Å²) in [6.45, 7) is 6.61. The van der Waals surface area contributed by atoms with Crippen LogP contribution in [0.1, 0.15) is 18.9 Å². The molecule has 2 heterocycles. The van der Waals surface area contributed by atoms with E-state index in [2.05, 4.69) is 28.2 Å². The molecule has 0 amide bonds. The topological polar surface area (TPSA) is 48.4 Å². The maximum Gasteiger partial charge on any atom is 0.0446 e. The smallest absolute Gasteiger partial charge is 0.0446 e. The van der Waals surface area contributed by atoms with Gasteiger partial charge in [0.2, 0.25) is 0 Å². The van der Waals surface area contributed by atoms with E-state index < -0.39 is 0 Å². The predicted octanol–water partition coefficient (Wildman–Crippen LogP) is 0.874. The Bertz CT molecular complexity index is 344. The van der Waals surface area contributed by atoms with Gasteiger partial charge in [0.15, 0.2) is 0 Å². The Morgan fingerprint density at radius 1 is 1.50 bits per heavy atom. The fourth-order valence-corrected chi connectivity index (χ4v) is 2.55. The van der Waals surface area contributed by atoms with Crippen LogP contribution in [0.15, 0.2) is 24.5 Å². The van der Waals surface area contributed by atoms with E-state index in [4.69, 9.17) is 5.11 Å². The van der Waals surface area contributed by atoms with Gasteiger partial charge in [-0.1, -0.05) is 13.0 Å². The van der Waals surface area contributed by atoms with Crippen molar-refractivity contribution >= 4 is 0 Å². The molecule has 1 aromatic rings. The van der Waals surface area contributed by atoms with Gasteiger partial charge in [-0.25, -0.2) is 0 Å². The van der Waals surface area contributed by atoms with Gasteiger partial charge in [0, 0.05) is 44.7 Å². The Hall–Kier alpha value is -0.970. The maximum absolute atomic E-state index is 9.08. The van der Waals surface area contributed by atoms with E-state index in [0.29, 0.717) is 12.0 Å². The minimum Gasteiger partial charge on any atom is -0.396 e. The lowest BCUT2D eigenvalue weighted by Gasteiger charge is -2.24. The fourth-order valence-electron chi connectivity index (χ4n) is 2.55. The normalized spacial score (nSPS) is 25.9. The first-order valence-electron chi connectivity index (χ1n) is 6.73. The first-order chi connectivity index (χ1) is 8.78. The van der Waals surface area contributed by atoms with Gasteiger partial charge in [0.25, 0.3) is 0 Å². The number of rotatable bonds is 4. The molecule has 4 heteroatoms. The molecule has 1 aliphatic heterocycles. The van der Waals surface area contributed by atoms with Gasteiger partial charge in [-0.05, 0) is 30.5 Å². The minimum atomic E-state index is 0.257. The summed E-state index contributed by atoms with van der Waals surface area (Å²) in [6.07, 6.45) is 4.57. The largest absolute Gasteiger partial charge is 0.396 e. The Kier molecular flexibility index (Phi) is 5.11. The first kappa shape index (κ1) is 13.5. The van der Waals surface area contributed by atoms with Crippen LogP contribution in [-0.2, 0) is 6.54 Å². The van der Waals surface area contributed by atoms with Crippen molar-refractivity contribution in [3.05, 3.63) is 30.1 Å². The van der Waals surface area contributed by atoms with Crippen LogP contribution in [0.4, 0.5) is 0 Å². The predicted molar refractivity (Wildman–Crippen MR) is 72.2 cm³/mol. The van der Waals surface area contributed by atoms with Crippen LogP contribution < -0.4 is 5.32 Å². The molecule has 0 aromatic carbocycles. The van der Waals surface area contributed by atoms with Gasteiger partial charge >= 0.3 is 0 Å². The van der Waals surface area contributed by atoms with Crippen LogP contribution in [0.5, 0.6) is 0 Å².